The average Bonchev–Trinajstić information content (AvgIpc) is 2.98. The summed E-state index contributed by atoms with van der Waals surface area (Å²) in [6.45, 7) is 1.07. The first kappa shape index (κ1) is 12.1. The molecule has 3 rings (SSSR count). The van der Waals surface area contributed by atoms with E-state index in [4.69, 9.17) is 4.74 Å². The van der Waals surface area contributed by atoms with Gasteiger partial charge >= 0.3 is 0 Å². The van der Waals surface area contributed by atoms with E-state index in [1.54, 1.807) is 7.11 Å². The normalized spacial score (nSPS) is 28.7. The third-order valence-electron chi connectivity index (χ3n) is 4.14. The SMILES string of the molecule is COc1ccc(NCC2CC3C=CC2C3)cc1Br. The first-order valence-electron chi connectivity index (χ1n) is 6.52. The minimum absolute atomic E-state index is 0.806. The molecule has 1 saturated carbocycles. The number of rotatable bonds is 4. The molecule has 3 atom stereocenters. The summed E-state index contributed by atoms with van der Waals surface area (Å²) in [7, 11) is 1.69. The fraction of sp³-hybridized carbons (Fsp3) is 0.467. The van der Waals surface area contributed by atoms with Crippen molar-refractivity contribution in [3.63, 3.8) is 0 Å². The monoisotopic (exact) mass is 307 g/mol. The zero-order chi connectivity index (χ0) is 12.5. The quantitative estimate of drug-likeness (QED) is 0.846. The lowest BCUT2D eigenvalue weighted by Crippen LogP contribution is -2.18. The summed E-state index contributed by atoms with van der Waals surface area (Å²) >= 11 is 3.52. The van der Waals surface area contributed by atoms with Gasteiger partial charge in [0, 0.05) is 12.2 Å². The van der Waals surface area contributed by atoms with Crippen LogP contribution in [0.3, 0.4) is 0 Å². The van der Waals surface area contributed by atoms with E-state index < -0.39 is 0 Å². The zero-order valence-electron chi connectivity index (χ0n) is 10.5. The number of anilines is 1. The second-order valence-corrected chi connectivity index (χ2v) is 6.12. The number of fused-ring (bicyclic) bond motifs is 2. The zero-order valence-corrected chi connectivity index (χ0v) is 12.1. The Morgan fingerprint density at radius 3 is 2.83 bits per heavy atom. The van der Waals surface area contributed by atoms with Gasteiger partial charge in [0.2, 0.25) is 0 Å². The van der Waals surface area contributed by atoms with Gasteiger partial charge < -0.3 is 10.1 Å². The van der Waals surface area contributed by atoms with E-state index in [9.17, 15) is 0 Å². The third-order valence-corrected chi connectivity index (χ3v) is 4.76. The van der Waals surface area contributed by atoms with Gasteiger partial charge in [0.05, 0.1) is 11.6 Å². The lowest BCUT2D eigenvalue weighted by Gasteiger charge is -2.19. The number of methoxy groups -OCH3 is 1. The molecule has 3 unspecified atom stereocenters. The fourth-order valence-corrected chi connectivity index (χ4v) is 3.70. The molecule has 2 aliphatic carbocycles. The van der Waals surface area contributed by atoms with Gasteiger partial charge in [0.15, 0.2) is 0 Å². The molecule has 2 aliphatic rings. The molecule has 1 aromatic rings. The molecule has 0 saturated heterocycles. The minimum Gasteiger partial charge on any atom is -0.496 e. The summed E-state index contributed by atoms with van der Waals surface area (Å²) in [5.74, 6) is 3.35. The summed E-state index contributed by atoms with van der Waals surface area (Å²) in [6, 6.07) is 6.15. The topological polar surface area (TPSA) is 21.3 Å². The fourth-order valence-electron chi connectivity index (χ4n) is 3.15. The summed E-state index contributed by atoms with van der Waals surface area (Å²) in [5, 5.41) is 3.54. The van der Waals surface area contributed by atoms with Gasteiger partial charge in [0.1, 0.15) is 5.75 Å². The van der Waals surface area contributed by atoms with E-state index in [2.05, 4.69) is 45.5 Å². The molecular weight excluding hydrogens is 290 g/mol. The van der Waals surface area contributed by atoms with Gasteiger partial charge in [-0.2, -0.15) is 0 Å². The number of ether oxygens (including phenoxy) is 1. The third kappa shape index (κ3) is 2.28. The Balaban J connectivity index is 1.60. The van der Waals surface area contributed by atoms with Gasteiger partial charge in [0.25, 0.3) is 0 Å². The first-order chi connectivity index (χ1) is 8.76. The van der Waals surface area contributed by atoms with Crippen molar-refractivity contribution >= 4 is 21.6 Å². The Kier molecular flexibility index (Phi) is 3.33. The van der Waals surface area contributed by atoms with Gasteiger partial charge in [-0.05, 0) is 64.7 Å². The predicted octanol–water partition coefficient (Wildman–Crippen LogP) is 4.08. The number of hydrogen-bond donors (Lipinski definition) is 1. The van der Waals surface area contributed by atoms with Gasteiger partial charge in [-0.3, -0.25) is 0 Å². The van der Waals surface area contributed by atoms with Crippen LogP contribution < -0.4 is 10.1 Å². The molecule has 18 heavy (non-hydrogen) atoms. The molecule has 2 nitrogen and oxygen atoms in total. The lowest BCUT2D eigenvalue weighted by molar-refractivity contribution is 0.412. The van der Waals surface area contributed by atoms with Crippen molar-refractivity contribution in [2.24, 2.45) is 17.8 Å². The molecule has 2 bridgehead atoms. The Morgan fingerprint density at radius 1 is 1.33 bits per heavy atom. The molecule has 3 heteroatoms. The van der Waals surface area contributed by atoms with E-state index in [1.807, 2.05) is 6.07 Å². The van der Waals surface area contributed by atoms with Crippen LogP contribution in [0, 0.1) is 17.8 Å². The molecular formula is C15H18BrNO. The van der Waals surface area contributed by atoms with E-state index in [-0.39, 0.29) is 0 Å². The van der Waals surface area contributed by atoms with Crippen molar-refractivity contribution in [1.29, 1.82) is 0 Å². The first-order valence-corrected chi connectivity index (χ1v) is 7.31. The van der Waals surface area contributed by atoms with Gasteiger partial charge in [-0.25, -0.2) is 0 Å². The maximum Gasteiger partial charge on any atom is 0.133 e. The summed E-state index contributed by atoms with van der Waals surface area (Å²) < 4.78 is 6.24. The maximum atomic E-state index is 5.23. The summed E-state index contributed by atoms with van der Waals surface area (Å²) in [5.41, 5.74) is 1.16. The number of allylic oxidation sites excluding steroid dienone is 2. The van der Waals surface area contributed by atoms with Crippen LogP contribution in [0.15, 0.2) is 34.8 Å². The molecule has 1 aromatic carbocycles. The number of halogens is 1. The Morgan fingerprint density at radius 2 is 2.22 bits per heavy atom. The highest BCUT2D eigenvalue weighted by atomic mass is 79.9. The molecule has 1 N–H and O–H groups in total. The van der Waals surface area contributed by atoms with Crippen LogP contribution >= 0.6 is 15.9 Å². The Labute approximate surface area is 117 Å². The molecule has 0 aromatic heterocycles. The van der Waals surface area contributed by atoms with Crippen molar-refractivity contribution in [3.05, 3.63) is 34.8 Å². The second kappa shape index (κ2) is 4.96. The highest BCUT2D eigenvalue weighted by molar-refractivity contribution is 9.10. The van der Waals surface area contributed by atoms with Crippen molar-refractivity contribution in [2.75, 3.05) is 19.0 Å². The van der Waals surface area contributed by atoms with Crippen LogP contribution in [-0.2, 0) is 0 Å². The summed E-state index contributed by atoms with van der Waals surface area (Å²) in [6.07, 6.45) is 7.53. The molecule has 0 amide bonds. The van der Waals surface area contributed by atoms with E-state index in [1.165, 1.54) is 12.8 Å². The van der Waals surface area contributed by atoms with Crippen LogP contribution in [0.1, 0.15) is 12.8 Å². The van der Waals surface area contributed by atoms with Gasteiger partial charge in [-0.15, -0.1) is 0 Å². The van der Waals surface area contributed by atoms with Crippen LogP contribution in [-0.4, -0.2) is 13.7 Å². The number of nitrogens with one attached hydrogen (secondary N) is 1. The van der Waals surface area contributed by atoms with Crippen LogP contribution in [0.25, 0.3) is 0 Å². The highest BCUT2D eigenvalue weighted by Crippen LogP contribution is 2.43. The van der Waals surface area contributed by atoms with Crippen molar-refractivity contribution < 1.29 is 4.74 Å². The van der Waals surface area contributed by atoms with Gasteiger partial charge in [-0.1, -0.05) is 12.2 Å². The highest BCUT2D eigenvalue weighted by Gasteiger charge is 2.35. The van der Waals surface area contributed by atoms with Crippen LogP contribution in [0.4, 0.5) is 5.69 Å². The maximum absolute atomic E-state index is 5.23. The smallest absolute Gasteiger partial charge is 0.133 e. The van der Waals surface area contributed by atoms with Crippen LogP contribution in [0.5, 0.6) is 5.75 Å². The minimum atomic E-state index is 0.806. The second-order valence-electron chi connectivity index (χ2n) is 5.27. The molecule has 0 spiro atoms. The van der Waals surface area contributed by atoms with Crippen molar-refractivity contribution in [2.45, 2.75) is 12.8 Å². The standard InChI is InChI=1S/C15H18BrNO/c1-18-15-5-4-13(8-14(15)16)17-9-12-7-10-2-3-11(12)6-10/h2-5,8,10-12,17H,6-7,9H2,1H3. The van der Waals surface area contributed by atoms with E-state index in [0.29, 0.717) is 0 Å². The largest absolute Gasteiger partial charge is 0.496 e. The summed E-state index contributed by atoms with van der Waals surface area (Å²) in [4.78, 5) is 0. The Bertz CT molecular complexity index is 472. The molecule has 96 valence electrons. The number of hydrogen-bond acceptors (Lipinski definition) is 2. The molecule has 0 radical (unpaired) electrons. The van der Waals surface area contributed by atoms with Crippen molar-refractivity contribution in [3.8, 4) is 5.75 Å². The van der Waals surface area contributed by atoms with E-state index in [0.717, 1.165) is 40.2 Å². The van der Waals surface area contributed by atoms with Crippen LogP contribution in [0.2, 0.25) is 0 Å². The van der Waals surface area contributed by atoms with E-state index >= 15 is 0 Å². The molecule has 1 fully saturated rings. The lowest BCUT2D eigenvalue weighted by atomic mass is 9.93. The molecule has 0 aliphatic heterocycles. The number of benzene rings is 1. The van der Waals surface area contributed by atoms with Crippen molar-refractivity contribution in [1.82, 2.24) is 0 Å². The Hall–Kier alpha value is -0.960. The molecule has 0 heterocycles. The predicted molar refractivity (Wildman–Crippen MR) is 78.0 cm³/mol. The average molecular weight is 308 g/mol.